The number of aliphatic carboxylic acids is 1. The van der Waals surface area contributed by atoms with Gasteiger partial charge in [-0.2, -0.15) is 0 Å². The fourth-order valence-corrected chi connectivity index (χ4v) is 8.74. The number of nitrogens with zero attached hydrogens (tertiary/aromatic N) is 2. The second kappa shape index (κ2) is 13.4. The Labute approximate surface area is 256 Å². The highest BCUT2D eigenvalue weighted by atomic mass is 28.3. The molecule has 2 fully saturated rings. The minimum atomic E-state index is -1.43. The molecule has 0 aliphatic carbocycles. The van der Waals surface area contributed by atoms with Crippen molar-refractivity contribution in [2.75, 3.05) is 19.8 Å². The topological polar surface area (TPSA) is 106 Å². The van der Waals surface area contributed by atoms with Gasteiger partial charge in [-0.1, -0.05) is 54.2 Å². The smallest absolute Gasteiger partial charge is 0.410 e. The molecule has 0 spiro atoms. The molecule has 0 aromatic rings. The quantitative estimate of drug-likeness (QED) is 0.185. The van der Waals surface area contributed by atoms with E-state index in [1.165, 1.54) is 4.90 Å². The molecule has 2 amide bonds. The summed E-state index contributed by atoms with van der Waals surface area (Å²) in [6.07, 6.45) is 2.72. The van der Waals surface area contributed by atoms with Gasteiger partial charge < -0.3 is 28.5 Å². The Morgan fingerprint density at radius 2 is 1.74 bits per heavy atom. The van der Waals surface area contributed by atoms with Crippen LogP contribution in [-0.4, -0.2) is 88.9 Å². The number of carboxylic acid groups (broad SMARTS) is 1. The molecule has 11 heteroatoms. The van der Waals surface area contributed by atoms with Crippen molar-refractivity contribution in [3.05, 3.63) is 23.9 Å². The fourth-order valence-electron chi connectivity index (χ4n) is 6.97. The van der Waals surface area contributed by atoms with Crippen molar-refractivity contribution in [3.63, 3.8) is 0 Å². The summed E-state index contributed by atoms with van der Waals surface area (Å²) < 4.78 is 18.1. The minimum Gasteiger partial charge on any atom is -0.477 e. The Hall–Kier alpha value is -1.96. The number of carboxylic acids is 1. The van der Waals surface area contributed by atoms with E-state index in [9.17, 15) is 19.5 Å². The third-order valence-electron chi connectivity index (χ3n) is 8.80. The Kier molecular flexibility index (Phi) is 11.0. The van der Waals surface area contributed by atoms with Crippen molar-refractivity contribution in [1.29, 1.82) is 0 Å². The number of ether oxygens (including phenoxy) is 1. The van der Waals surface area contributed by atoms with Crippen LogP contribution < -0.4 is 0 Å². The monoisotopic (exact) mass is 622 g/mol. The molecule has 0 aromatic heterocycles. The van der Waals surface area contributed by atoms with Crippen LogP contribution in [0.25, 0.3) is 0 Å². The molecule has 9 nitrogen and oxygen atoms in total. The zero-order valence-electron chi connectivity index (χ0n) is 27.4. The maximum atomic E-state index is 13.6. The van der Waals surface area contributed by atoms with E-state index < -0.39 is 30.1 Å². The summed E-state index contributed by atoms with van der Waals surface area (Å²) in [5.41, 5.74) is 0.566. The predicted molar refractivity (Wildman–Crippen MR) is 169 cm³/mol. The van der Waals surface area contributed by atoms with Gasteiger partial charge in [0.05, 0.1) is 24.1 Å². The van der Waals surface area contributed by atoms with Crippen molar-refractivity contribution < 1.29 is 33.1 Å². The van der Waals surface area contributed by atoms with E-state index in [0.29, 0.717) is 32.4 Å². The number of carbonyl (C=O) groups excluding carboxylic acids is 2. The van der Waals surface area contributed by atoms with E-state index in [1.807, 2.05) is 0 Å². The third kappa shape index (κ3) is 7.57. The van der Waals surface area contributed by atoms with Crippen LogP contribution >= 0.6 is 0 Å². The maximum absolute atomic E-state index is 13.6. The largest absolute Gasteiger partial charge is 0.477 e. The van der Waals surface area contributed by atoms with Gasteiger partial charge in [0.2, 0.25) is 5.91 Å². The van der Waals surface area contributed by atoms with Gasteiger partial charge in [-0.05, 0) is 73.7 Å². The van der Waals surface area contributed by atoms with Crippen molar-refractivity contribution in [1.82, 2.24) is 9.80 Å². The minimum absolute atomic E-state index is 0.00594. The average Bonchev–Trinajstić information content (AvgIpc) is 3.41. The number of β-lactam (4-membered cyclic amide) rings is 1. The standard InChI is InChI=1S/C31H54N2O7Si2/c1-12-13-38-29(37)32-17-19(15-23(32)26(31(5,6)7)40-42(10)11)14-20-16-22-24(27(34)33(22)25(20)28(35)36)21(30(2,3)4)18-39-41(8)9/h12,19,21-24,26,41-42H,1,13-18H2,2-11H3,(H,35,36)/t19-,21+,22+,23-,24-,26?/m0/s1. The predicted octanol–water partition coefficient (Wildman–Crippen LogP) is 5.04. The number of fused-ring (bicyclic) bond motifs is 1. The van der Waals surface area contributed by atoms with E-state index in [1.54, 1.807) is 11.0 Å². The lowest BCUT2D eigenvalue weighted by atomic mass is 9.66. The Morgan fingerprint density at radius 1 is 1.10 bits per heavy atom. The van der Waals surface area contributed by atoms with Crippen LogP contribution in [0.5, 0.6) is 0 Å². The molecule has 0 bridgehead atoms. The summed E-state index contributed by atoms with van der Waals surface area (Å²) >= 11 is 0. The van der Waals surface area contributed by atoms with E-state index >= 15 is 0 Å². The van der Waals surface area contributed by atoms with Crippen LogP contribution in [-0.2, 0) is 23.2 Å². The Morgan fingerprint density at radius 3 is 2.24 bits per heavy atom. The van der Waals surface area contributed by atoms with Crippen LogP contribution in [0.1, 0.15) is 60.8 Å². The molecule has 3 heterocycles. The molecule has 0 aromatic carbocycles. The molecular formula is C31H54N2O7Si2. The maximum Gasteiger partial charge on any atom is 0.410 e. The molecule has 2 saturated heterocycles. The van der Waals surface area contributed by atoms with Crippen LogP contribution in [0.4, 0.5) is 4.79 Å². The molecule has 3 aliphatic heterocycles. The van der Waals surface area contributed by atoms with E-state index in [-0.39, 0.29) is 65.0 Å². The average molecular weight is 623 g/mol. The van der Waals surface area contributed by atoms with Crippen LogP contribution in [0.15, 0.2) is 23.9 Å². The summed E-state index contributed by atoms with van der Waals surface area (Å²) in [7, 11) is -2.72. The summed E-state index contributed by atoms with van der Waals surface area (Å²) in [4.78, 5) is 42.6. The van der Waals surface area contributed by atoms with Crippen molar-refractivity contribution in [2.24, 2.45) is 28.6 Å². The first-order valence-electron chi connectivity index (χ1n) is 15.5. The number of hydrogen-bond acceptors (Lipinski definition) is 6. The second-order valence-corrected chi connectivity index (χ2v) is 19.8. The highest BCUT2D eigenvalue weighted by molar-refractivity contribution is 6.48. The van der Waals surface area contributed by atoms with Gasteiger partial charge >= 0.3 is 12.1 Å². The first-order valence-corrected chi connectivity index (χ1v) is 21.0. The zero-order chi connectivity index (χ0) is 31.7. The number of hydrogen-bond donors (Lipinski definition) is 1. The third-order valence-corrected chi connectivity index (χ3v) is 10.5. The van der Waals surface area contributed by atoms with Gasteiger partial charge in [-0.25, -0.2) is 9.59 Å². The number of amides is 2. The first-order chi connectivity index (χ1) is 19.4. The first kappa shape index (κ1) is 34.5. The SMILES string of the molecule is C=CCOC(=O)N1C[C@@H](CC2=C(C(=O)O)N3C(=O)[C@@H]([C@@H](CO[SiH](C)C)C(C)(C)C)[C@H]3C2)C[C@H]1C(O[SiH](C)C)C(C)(C)C. The Bertz CT molecular complexity index is 1060. The van der Waals surface area contributed by atoms with E-state index in [4.69, 9.17) is 13.6 Å². The summed E-state index contributed by atoms with van der Waals surface area (Å²) in [5.74, 6) is -1.40. The lowest BCUT2D eigenvalue weighted by molar-refractivity contribution is -0.162. The second-order valence-electron chi connectivity index (χ2n) is 15.0. The highest BCUT2D eigenvalue weighted by Gasteiger charge is 2.59. The molecule has 6 atom stereocenters. The van der Waals surface area contributed by atoms with Crippen molar-refractivity contribution in [2.45, 2.75) is 105 Å². The molecule has 0 radical (unpaired) electrons. The number of likely N-dealkylation sites (tertiary alicyclic amines) is 1. The zero-order valence-corrected chi connectivity index (χ0v) is 29.7. The number of rotatable bonds is 12. The molecule has 3 rings (SSSR count). The van der Waals surface area contributed by atoms with Crippen LogP contribution in [0, 0.1) is 28.6 Å². The van der Waals surface area contributed by atoms with Gasteiger partial charge in [-0.3, -0.25) is 4.79 Å². The molecule has 3 aliphatic rings. The highest BCUT2D eigenvalue weighted by Crippen LogP contribution is 2.51. The lowest BCUT2D eigenvalue weighted by Crippen LogP contribution is -2.63. The van der Waals surface area contributed by atoms with Gasteiger partial charge in [0, 0.05) is 13.2 Å². The lowest BCUT2D eigenvalue weighted by Gasteiger charge is -2.50. The van der Waals surface area contributed by atoms with Gasteiger partial charge in [0.1, 0.15) is 12.3 Å². The molecular weight excluding hydrogens is 569 g/mol. The molecule has 0 saturated carbocycles. The summed E-state index contributed by atoms with van der Waals surface area (Å²) in [5, 5.41) is 10.3. The normalized spacial score (nSPS) is 26.0. The van der Waals surface area contributed by atoms with Crippen LogP contribution in [0.3, 0.4) is 0 Å². The van der Waals surface area contributed by atoms with Crippen LogP contribution in [0.2, 0.25) is 26.2 Å². The van der Waals surface area contributed by atoms with Gasteiger partial charge in [0.15, 0.2) is 18.1 Å². The Balaban J connectivity index is 1.88. The molecule has 1 unspecified atom stereocenters. The van der Waals surface area contributed by atoms with Crippen molar-refractivity contribution >= 4 is 36.1 Å². The van der Waals surface area contributed by atoms with Gasteiger partial charge in [-0.15, -0.1) is 0 Å². The summed E-state index contributed by atoms with van der Waals surface area (Å²) in [6, 6.07) is -0.352. The van der Waals surface area contributed by atoms with Crippen molar-refractivity contribution in [3.8, 4) is 0 Å². The van der Waals surface area contributed by atoms with Gasteiger partial charge in [0.25, 0.3) is 0 Å². The molecule has 1 N–H and O–H groups in total. The molecule has 42 heavy (non-hydrogen) atoms. The van der Waals surface area contributed by atoms with E-state index in [2.05, 4.69) is 74.3 Å². The molecule has 238 valence electrons. The fraction of sp³-hybridized carbons (Fsp3) is 0.774. The number of carbonyl (C=O) groups is 3. The van der Waals surface area contributed by atoms with E-state index in [0.717, 1.165) is 5.57 Å². The summed E-state index contributed by atoms with van der Waals surface area (Å²) in [6.45, 7) is 26.0.